The highest BCUT2D eigenvalue weighted by Crippen LogP contribution is 2.42. The number of benzene rings is 2. The molecule has 9 heteroatoms. The van der Waals surface area contributed by atoms with E-state index in [2.05, 4.69) is 22.4 Å². The van der Waals surface area contributed by atoms with Gasteiger partial charge in [-0.25, -0.2) is 14.6 Å². The summed E-state index contributed by atoms with van der Waals surface area (Å²) in [6, 6.07) is 15.0. The van der Waals surface area contributed by atoms with Crippen LogP contribution in [0.15, 0.2) is 59.3 Å². The average Bonchev–Trinajstić information content (AvgIpc) is 3.54. The number of hydrogen-bond acceptors (Lipinski definition) is 8. The Morgan fingerprint density at radius 3 is 2.73 bits per heavy atom. The average molecular weight is 519 g/mol. The van der Waals surface area contributed by atoms with Crippen LogP contribution in [0.5, 0.6) is 0 Å². The van der Waals surface area contributed by atoms with Crippen molar-refractivity contribution < 1.29 is 28.3 Å². The highest BCUT2D eigenvalue weighted by Gasteiger charge is 2.32. The summed E-state index contributed by atoms with van der Waals surface area (Å²) >= 11 is 1.39. The van der Waals surface area contributed by atoms with Gasteiger partial charge in [0.25, 0.3) is 5.91 Å². The molecule has 2 unspecified atom stereocenters. The maximum Gasteiger partial charge on any atom is 0.341 e. The Morgan fingerprint density at radius 1 is 1.16 bits per heavy atom. The normalized spacial score (nSPS) is 15.6. The van der Waals surface area contributed by atoms with Gasteiger partial charge in [-0.05, 0) is 60.9 Å². The van der Waals surface area contributed by atoms with Crippen molar-refractivity contribution in [3.05, 3.63) is 82.1 Å². The first-order chi connectivity index (χ1) is 18.0. The van der Waals surface area contributed by atoms with Crippen LogP contribution >= 0.6 is 11.3 Å². The highest BCUT2D eigenvalue weighted by molar-refractivity contribution is 7.17. The molecule has 0 saturated carbocycles. The number of esters is 2. The van der Waals surface area contributed by atoms with E-state index in [0.717, 1.165) is 23.3 Å². The van der Waals surface area contributed by atoms with Crippen LogP contribution in [0.1, 0.15) is 62.4 Å². The monoisotopic (exact) mass is 518 g/mol. The molecule has 190 valence electrons. The van der Waals surface area contributed by atoms with Gasteiger partial charge in [0.2, 0.25) is 0 Å². The van der Waals surface area contributed by atoms with E-state index in [4.69, 9.17) is 13.9 Å². The maximum absolute atomic E-state index is 13.2. The Morgan fingerprint density at radius 2 is 1.97 bits per heavy atom. The van der Waals surface area contributed by atoms with Crippen LogP contribution in [-0.2, 0) is 27.1 Å². The number of nitrogens with zero attached hydrogens (tertiary/aromatic N) is 1. The number of fused-ring (bicyclic) bond motifs is 2. The molecule has 0 bridgehead atoms. The number of anilines is 1. The van der Waals surface area contributed by atoms with E-state index in [1.165, 1.54) is 30.4 Å². The Bertz CT molecular complexity index is 1460. The predicted octanol–water partition coefficient (Wildman–Crippen LogP) is 5.52. The Kier molecular flexibility index (Phi) is 7.05. The molecule has 8 nitrogen and oxygen atoms in total. The first-order valence-electron chi connectivity index (χ1n) is 12.1. The third-order valence-corrected chi connectivity index (χ3v) is 7.81. The standard InChI is InChI=1S/C28H26N2O6S/c1-3-21(36-27(32)18-10-12-22-20(13-18)29-15-35-22)25(31)30-26-24(28(33)34-2)19-11-9-17(14-23(19)37-26)16-7-5-4-6-8-16/h4-8,10,12-13,15,17,21H,3,9,11,14H2,1-2H3,(H,30,31). The van der Waals surface area contributed by atoms with Gasteiger partial charge in [-0.2, -0.15) is 0 Å². The molecular weight excluding hydrogens is 492 g/mol. The SMILES string of the molecule is CCC(OC(=O)c1ccc2ocnc2c1)C(=O)Nc1sc2c(c1C(=O)OC)CCC(c1ccccc1)C2. The number of carbonyl (C=O) groups is 3. The van der Waals surface area contributed by atoms with Crippen LogP contribution < -0.4 is 5.32 Å². The lowest BCUT2D eigenvalue weighted by Gasteiger charge is -2.22. The zero-order valence-electron chi connectivity index (χ0n) is 20.5. The summed E-state index contributed by atoms with van der Waals surface area (Å²) in [5.41, 5.74) is 3.90. The molecule has 5 rings (SSSR count). The lowest BCUT2D eigenvalue weighted by molar-refractivity contribution is -0.124. The summed E-state index contributed by atoms with van der Waals surface area (Å²) in [5.74, 6) is -1.29. The van der Waals surface area contributed by atoms with E-state index in [1.807, 2.05) is 18.2 Å². The van der Waals surface area contributed by atoms with Gasteiger partial charge < -0.3 is 19.2 Å². The molecule has 0 saturated heterocycles. The lowest BCUT2D eigenvalue weighted by atomic mass is 9.83. The largest absolute Gasteiger partial charge is 0.465 e. The van der Waals surface area contributed by atoms with Crippen molar-refractivity contribution in [2.45, 2.75) is 44.6 Å². The number of rotatable bonds is 7. The molecule has 0 fully saturated rings. The second kappa shape index (κ2) is 10.6. The molecular formula is C28H26N2O6S. The van der Waals surface area contributed by atoms with Gasteiger partial charge in [0, 0.05) is 4.88 Å². The molecule has 1 aliphatic rings. The van der Waals surface area contributed by atoms with Gasteiger partial charge in [0.05, 0.1) is 18.2 Å². The number of thiophene rings is 1. The minimum absolute atomic E-state index is 0.262. The number of methoxy groups -OCH3 is 1. The van der Waals surface area contributed by atoms with Crippen LogP contribution in [0.3, 0.4) is 0 Å². The number of aromatic nitrogens is 1. The summed E-state index contributed by atoms with van der Waals surface area (Å²) in [4.78, 5) is 43.8. The summed E-state index contributed by atoms with van der Waals surface area (Å²) in [6.45, 7) is 1.75. The second-order valence-electron chi connectivity index (χ2n) is 8.88. The maximum atomic E-state index is 13.2. The van der Waals surface area contributed by atoms with Crippen LogP contribution in [0, 0.1) is 0 Å². The fraction of sp³-hybridized carbons (Fsp3) is 0.286. The zero-order chi connectivity index (χ0) is 25.9. The van der Waals surface area contributed by atoms with Gasteiger partial charge in [-0.1, -0.05) is 37.3 Å². The molecule has 0 radical (unpaired) electrons. The summed E-state index contributed by atoms with van der Waals surface area (Å²) < 4.78 is 15.8. The fourth-order valence-corrected chi connectivity index (χ4v) is 6.02. The molecule has 4 aromatic rings. The predicted molar refractivity (Wildman–Crippen MR) is 139 cm³/mol. The Hall–Kier alpha value is -3.98. The lowest BCUT2D eigenvalue weighted by Crippen LogP contribution is -2.32. The number of carbonyl (C=O) groups excluding carboxylic acids is 3. The molecule has 2 aromatic heterocycles. The molecule has 0 aliphatic heterocycles. The molecule has 37 heavy (non-hydrogen) atoms. The van der Waals surface area contributed by atoms with E-state index in [1.54, 1.807) is 25.1 Å². The molecule has 2 aromatic carbocycles. The van der Waals surface area contributed by atoms with E-state index in [9.17, 15) is 14.4 Å². The van der Waals surface area contributed by atoms with E-state index in [0.29, 0.717) is 34.0 Å². The van der Waals surface area contributed by atoms with Crippen molar-refractivity contribution in [1.29, 1.82) is 0 Å². The molecule has 2 heterocycles. The zero-order valence-corrected chi connectivity index (χ0v) is 21.3. The number of ether oxygens (including phenoxy) is 2. The minimum Gasteiger partial charge on any atom is -0.465 e. The van der Waals surface area contributed by atoms with Crippen molar-refractivity contribution in [3.63, 3.8) is 0 Å². The Labute approximate surface area is 217 Å². The fourth-order valence-electron chi connectivity index (χ4n) is 4.70. The van der Waals surface area contributed by atoms with Gasteiger partial charge in [-0.3, -0.25) is 4.79 Å². The third kappa shape index (κ3) is 4.99. The van der Waals surface area contributed by atoms with Crippen LogP contribution in [-0.4, -0.2) is 36.0 Å². The highest BCUT2D eigenvalue weighted by atomic mass is 32.1. The third-order valence-electron chi connectivity index (χ3n) is 6.64. The van der Waals surface area contributed by atoms with Crippen LogP contribution in [0.2, 0.25) is 0 Å². The smallest absolute Gasteiger partial charge is 0.341 e. The van der Waals surface area contributed by atoms with Crippen molar-refractivity contribution in [2.75, 3.05) is 12.4 Å². The van der Waals surface area contributed by atoms with E-state index in [-0.39, 0.29) is 12.0 Å². The van der Waals surface area contributed by atoms with E-state index >= 15 is 0 Å². The first kappa shape index (κ1) is 24.7. The minimum atomic E-state index is -1.04. The molecule has 1 aliphatic carbocycles. The number of hydrogen-bond donors (Lipinski definition) is 1. The number of nitrogens with one attached hydrogen (secondary N) is 1. The quantitative estimate of drug-likeness (QED) is 0.321. The van der Waals surface area contributed by atoms with Gasteiger partial charge in [-0.15, -0.1) is 11.3 Å². The van der Waals surface area contributed by atoms with Crippen molar-refractivity contribution in [1.82, 2.24) is 4.98 Å². The van der Waals surface area contributed by atoms with Crippen molar-refractivity contribution >= 4 is 45.3 Å². The molecule has 2 atom stereocenters. The van der Waals surface area contributed by atoms with Crippen molar-refractivity contribution in [2.24, 2.45) is 0 Å². The van der Waals surface area contributed by atoms with Crippen molar-refractivity contribution in [3.8, 4) is 0 Å². The molecule has 0 spiro atoms. The first-order valence-corrected chi connectivity index (χ1v) is 12.9. The number of amides is 1. The topological polar surface area (TPSA) is 108 Å². The molecule has 1 amide bonds. The van der Waals surface area contributed by atoms with Crippen LogP contribution in [0.25, 0.3) is 11.1 Å². The summed E-state index contributed by atoms with van der Waals surface area (Å²) in [7, 11) is 1.33. The number of oxazole rings is 1. The summed E-state index contributed by atoms with van der Waals surface area (Å²) in [5, 5.41) is 3.27. The second-order valence-corrected chi connectivity index (χ2v) is 9.98. The summed E-state index contributed by atoms with van der Waals surface area (Å²) in [6.07, 6.45) is 2.91. The van der Waals surface area contributed by atoms with E-state index < -0.39 is 23.9 Å². The van der Waals surface area contributed by atoms with Crippen LogP contribution in [0.4, 0.5) is 5.00 Å². The van der Waals surface area contributed by atoms with Gasteiger partial charge >= 0.3 is 11.9 Å². The van der Waals surface area contributed by atoms with Gasteiger partial charge in [0.1, 0.15) is 10.5 Å². The Balaban J connectivity index is 1.35. The molecule has 1 N–H and O–H groups in total. The van der Waals surface area contributed by atoms with Gasteiger partial charge in [0.15, 0.2) is 18.1 Å².